The van der Waals surface area contributed by atoms with Gasteiger partial charge in [0.15, 0.2) is 5.78 Å². The van der Waals surface area contributed by atoms with Gasteiger partial charge in [-0.2, -0.15) is 0 Å². The van der Waals surface area contributed by atoms with Crippen molar-refractivity contribution in [1.29, 1.82) is 0 Å². The fourth-order valence-electron chi connectivity index (χ4n) is 4.79. The highest BCUT2D eigenvalue weighted by Crippen LogP contribution is 2.45. The predicted octanol–water partition coefficient (Wildman–Crippen LogP) is 8.10. The number of esters is 1. The third kappa shape index (κ3) is 5.39. The summed E-state index contributed by atoms with van der Waals surface area (Å²) < 4.78 is 5.89. The minimum Gasteiger partial charge on any atom is -0.507 e. The Balaban J connectivity index is 1.33. The molecule has 5 aromatic rings. The number of hydrogen-bond acceptors (Lipinski definition) is 4. The highest BCUT2D eigenvalue weighted by atomic mass is 16.5. The molecule has 0 aliphatic rings. The van der Waals surface area contributed by atoms with Crippen LogP contribution in [0.4, 0.5) is 0 Å². The van der Waals surface area contributed by atoms with Gasteiger partial charge >= 0.3 is 5.97 Å². The van der Waals surface area contributed by atoms with Gasteiger partial charge in [-0.15, -0.1) is 0 Å². The molecule has 37 heavy (non-hydrogen) atoms. The van der Waals surface area contributed by atoms with Crippen LogP contribution in [0.15, 0.2) is 103 Å². The topological polar surface area (TPSA) is 63.6 Å². The van der Waals surface area contributed by atoms with Crippen molar-refractivity contribution in [2.24, 2.45) is 0 Å². The molecule has 4 heteroatoms. The van der Waals surface area contributed by atoms with Crippen LogP contribution in [0.5, 0.6) is 11.5 Å². The van der Waals surface area contributed by atoms with E-state index >= 15 is 0 Å². The summed E-state index contributed by atoms with van der Waals surface area (Å²) in [6.45, 7) is 0. The number of aromatic hydroxyl groups is 1. The van der Waals surface area contributed by atoms with E-state index < -0.39 is 0 Å². The maximum atomic E-state index is 12.8. The number of Topliss-reactive ketones (excluding diaryl/α,β-unsaturated/α-hetero) is 1. The van der Waals surface area contributed by atoms with Crippen LogP contribution in [-0.2, 0) is 4.79 Å². The third-order valence-corrected chi connectivity index (χ3v) is 6.65. The van der Waals surface area contributed by atoms with Crippen molar-refractivity contribution in [1.82, 2.24) is 0 Å². The van der Waals surface area contributed by atoms with Crippen LogP contribution in [0.3, 0.4) is 0 Å². The number of ketones is 1. The Hall–Kier alpha value is -4.44. The van der Waals surface area contributed by atoms with Crippen LogP contribution in [-0.4, -0.2) is 16.9 Å². The van der Waals surface area contributed by atoms with Gasteiger partial charge in [0, 0.05) is 29.5 Å². The molecule has 0 fully saturated rings. The SMILES string of the molecule is O=C(CCCCCC(=O)c1ccccc1)Oc1ccc2ccccc2c1-c1c(O)ccc2ccccc12. The molecule has 0 aromatic heterocycles. The largest absolute Gasteiger partial charge is 0.507 e. The summed E-state index contributed by atoms with van der Waals surface area (Å²) in [6.07, 6.45) is 2.86. The van der Waals surface area contributed by atoms with E-state index in [1.807, 2.05) is 91.0 Å². The number of carbonyl (C=O) groups is 2. The monoisotopic (exact) mass is 488 g/mol. The van der Waals surface area contributed by atoms with Crippen molar-refractivity contribution in [3.63, 3.8) is 0 Å². The van der Waals surface area contributed by atoms with Crippen LogP contribution in [0.1, 0.15) is 42.5 Å². The summed E-state index contributed by atoms with van der Waals surface area (Å²) in [5.74, 6) is 0.356. The summed E-state index contributed by atoms with van der Waals surface area (Å²) in [7, 11) is 0. The van der Waals surface area contributed by atoms with E-state index in [4.69, 9.17) is 4.74 Å². The lowest BCUT2D eigenvalue weighted by Gasteiger charge is -2.16. The Morgan fingerprint density at radius 2 is 1.19 bits per heavy atom. The Kier molecular flexibility index (Phi) is 7.27. The Bertz CT molecular complexity index is 1570. The Morgan fingerprint density at radius 3 is 1.92 bits per heavy atom. The summed E-state index contributed by atoms with van der Waals surface area (Å²) >= 11 is 0. The third-order valence-electron chi connectivity index (χ3n) is 6.65. The number of benzene rings is 5. The van der Waals surface area contributed by atoms with Crippen LogP contribution in [0, 0.1) is 0 Å². The summed E-state index contributed by atoms with van der Waals surface area (Å²) in [4.78, 5) is 25.1. The molecule has 0 aliphatic heterocycles. The van der Waals surface area contributed by atoms with E-state index in [0.717, 1.165) is 39.9 Å². The van der Waals surface area contributed by atoms with Crippen LogP contribution in [0.2, 0.25) is 0 Å². The average Bonchev–Trinajstić information content (AvgIpc) is 2.93. The maximum Gasteiger partial charge on any atom is 0.311 e. The number of rotatable bonds is 9. The zero-order valence-electron chi connectivity index (χ0n) is 20.5. The second kappa shape index (κ2) is 11.1. The maximum absolute atomic E-state index is 12.8. The van der Waals surface area contributed by atoms with E-state index in [2.05, 4.69) is 0 Å². The highest BCUT2D eigenvalue weighted by molar-refractivity contribution is 6.10. The number of unbranched alkanes of at least 4 members (excludes halogenated alkanes) is 2. The number of hydrogen-bond donors (Lipinski definition) is 1. The first-order valence-electron chi connectivity index (χ1n) is 12.6. The minimum absolute atomic E-state index is 0.124. The van der Waals surface area contributed by atoms with E-state index in [0.29, 0.717) is 29.7 Å². The highest BCUT2D eigenvalue weighted by Gasteiger charge is 2.19. The van der Waals surface area contributed by atoms with Gasteiger partial charge < -0.3 is 9.84 Å². The molecule has 0 radical (unpaired) electrons. The number of phenols is 1. The molecule has 184 valence electrons. The van der Waals surface area contributed by atoms with Crippen molar-refractivity contribution in [3.8, 4) is 22.6 Å². The number of fused-ring (bicyclic) bond motifs is 2. The first kappa shape index (κ1) is 24.3. The lowest BCUT2D eigenvalue weighted by atomic mass is 9.92. The molecule has 0 aliphatic carbocycles. The van der Waals surface area contributed by atoms with Crippen molar-refractivity contribution in [3.05, 3.63) is 109 Å². The molecule has 0 heterocycles. The molecule has 0 saturated carbocycles. The molecular weight excluding hydrogens is 460 g/mol. The van der Waals surface area contributed by atoms with Crippen LogP contribution < -0.4 is 4.74 Å². The molecule has 0 spiro atoms. The fraction of sp³-hybridized carbons (Fsp3) is 0.152. The van der Waals surface area contributed by atoms with E-state index in [1.54, 1.807) is 12.1 Å². The van der Waals surface area contributed by atoms with Gasteiger partial charge in [-0.3, -0.25) is 9.59 Å². The van der Waals surface area contributed by atoms with Gasteiger partial charge in [0.25, 0.3) is 0 Å². The van der Waals surface area contributed by atoms with Gasteiger partial charge in [-0.05, 0) is 46.5 Å². The molecule has 5 rings (SSSR count). The zero-order valence-corrected chi connectivity index (χ0v) is 20.5. The van der Waals surface area contributed by atoms with Gasteiger partial charge in [0.05, 0.1) is 0 Å². The molecule has 0 bridgehead atoms. The number of carbonyl (C=O) groups excluding carboxylic acids is 2. The summed E-state index contributed by atoms with van der Waals surface area (Å²) in [6, 6.07) is 32.3. The lowest BCUT2D eigenvalue weighted by molar-refractivity contribution is -0.134. The van der Waals surface area contributed by atoms with Crippen molar-refractivity contribution in [2.75, 3.05) is 0 Å². The standard InChI is InChI=1S/C33H28O4/c34-28(25-13-3-1-4-14-25)17-5-2-6-18-31(36)37-30-22-20-24-12-8-10-16-27(24)33(30)32-26-15-9-7-11-23(26)19-21-29(32)35/h1,3-4,7-16,19-22,35H,2,5-6,17-18H2. The van der Waals surface area contributed by atoms with E-state index in [1.165, 1.54) is 0 Å². The predicted molar refractivity (Wildman–Crippen MR) is 148 cm³/mol. The van der Waals surface area contributed by atoms with Crippen molar-refractivity contribution < 1.29 is 19.4 Å². The zero-order chi connectivity index (χ0) is 25.6. The van der Waals surface area contributed by atoms with Gasteiger partial charge in [-0.1, -0.05) is 97.4 Å². The average molecular weight is 489 g/mol. The van der Waals surface area contributed by atoms with Gasteiger partial charge in [-0.25, -0.2) is 0 Å². The lowest BCUT2D eigenvalue weighted by Crippen LogP contribution is -2.09. The number of phenolic OH excluding ortho intramolecular Hbond substituents is 1. The molecule has 0 atom stereocenters. The normalized spacial score (nSPS) is 11.0. The minimum atomic E-state index is -0.328. The molecule has 4 nitrogen and oxygen atoms in total. The number of ether oxygens (including phenoxy) is 1. The Labute approximate surface area is 216 Å². The first-order chi connectivity index (χ1) is 18.1. The van der Waals surface area contributed by atoms with Gasteiger partial charge in [0.1, 0.15) is 11.5 Å². The molecule has 0 amide bonds. The van der Waals surface area contributed by atoms with Crippen molar-refractivity contribution in [2.45, 2.75) is 32.1 Å². The van der Waals surface area contributed by atoms with Gasteiger partial charge in [0.2, 0.25) is 0 Å². The van der Waals surface area contributed by atoms with Crippen molar-refractivity contribution >= 4 is 33.3 Å². The first-order valence-corrected chi connectivity index (χ1v) is 12.6. The summed E-state index contributed by atoms with van der Waals surface area (Å²) in [5, 5.41) is 14.7. The quantitative estimate of drug-likeness (QED) is 0.0985. The molecule has 0 saturated heterocycles. The summed E-state index contributed by atoms with van der Waals surface area (Å²) in [5.41, 5.74) is 2.08. The Morgan fingerprint density at radius 1 is 0.595 bits per heavy atom. The molecule has 0 unspecified atom stereocenters. The molecular formula is C33H28O4. The second-order valence-corrected chi connectivity index (χ2v) is 9.16. The smallest absolute Gasteiger partial charge is 0.311 e. The molecule has 1 N–H and O–H groups in total. The van der Waals surface area contributed by atoms with Crippen LogP contribution >= 0.6 is 0 Å². The van der Waals surface area contributed by atoms with E-state index in [9.17, 15) is 14.7 Å². The van der Waals surface area contributed by atoms with E-state index in [-0.39, 0.29) is 23.9 Å². The fourth-order valence-corrected chi connectivity index (χ4v) is 4.79. The molecule has 5 aromatic carbocycles. The van der Waals surface area contributed by atoms with Crippen LogP contribution in [0.25, 0.3) is 32.7 Å². The second-order valence-electron chi connectivity index (χ2n) is 9.16.